The minimum absolute atomic E-state index is 0.0211. The Morgan fingerprint density at radius 2 is 1.93 bits per heavy atom. The lowest BCUT2D eigenvalue weighted by Gasteiger charge is -2.37. The maximum absolute atomic E-state index is 11.1. The van der Waals surface area contributed by atoms with Gasteiger partial charge >= 0.3 is 0 Å². The summed E-state index contributed by atoms with van der Waals surface area (Å²) in [7, 11) is 0. The fourth-order valence-corrected chi connectivity index (χ4v) is 3.64. The standard InChI is InChI=1S/C21H20N4O4/c22-7-6-19(17-2-1-3-18(13-17)25(26)27)24-10-8-23(9-11-24)14-16-4-5-20-21(12-16)29-15-28-20/h1-6,12-13H,8-11,14-15H2/b19-6+. The molecule has 0 aromatic heterocycles. The van der Waals surface area contributed by atoms with Gasteiger partial charge in [-0.25, -0.2) is 0 Å². The second kappa shape index (κ2) is 8.20. The SMILES string of the molecule is N#C/C=C(\c1cccc([N+](=O)[O-])c1)N1CCN(Cc2ccc3c(c2)OCO3)CC1. The molecule has 2 aromatic carbocycles. The molecule has 0 radical (unpaired) electrons. The summed E-state index contributed by atoms with van der Waals surface area (Å²) in [5.41, 5.74) is 2.59. The zero-order valence-electron chi connectivity index (χ0n) is 15.8. The molecular formula is C21H20N4O4. The van der Waals surface area contributed by atoms with E-state index in [0.717, 1.165) is 55.5 Å². The van der Waals surface area contributed by atoms with Crippen LogP contribution in [0.25, 0.3) is 5.70 Å². The van der Waals surface area contributed by atoms with Crippen LogP contribution in [0, 0.1) is 21.4 Å². The molecule has 4 rings (SSSR count). The first-order chi connectivity index (χ1) is 14.1. The number of fused-ring (bicyclic) bond motifs is 1. The van der Waals surface area contributed by atoms with Gasteiger partial charge in [0, 0.05) is 56.5 Å². The molecule has 2 aliphatic heterocycles. The van der Waals surface area contributed by atoms with Crippen molar-refractivity contribution >= 4 is 11.4 Å². The summed E-state index contributed by atoms with van der Waals surface area (Å²) in [4.78, 5) is 15.1. The zero-order valence-corrected chi connectivity index (χ0v) is 15.8. The number of nitro groups is 1. The highest BCUT2D eigenvalue weighted by Gasteiger charge is 2.22. The van der Waals surface area contributed by atoms with Gasteiger partial charge in [0.15, 0.2) is 11.5 Å². The van der Waals surface area contributed by atoms with Gasteiger partial charge in [-0.15, -0.1) is 0 Å². The summed E-state index contributed by atoms with van der Waals surface area (Å²) < 4.78 is 10.8. The van der Waals surface area contributed by atoms with Gasteiger partial charge in [0.1, 0.15) is 0 Å². The van der Waals surface area contributed by atoms with E-state index in [9.17, 15) is 15.4 Å². The molecule has 2 aliphatic rings. The molecule has 0 aliphatic carbocycles. The smallest absolute Gasteiger partial charge is 0.270 e. The van der Waals surface area contributed by atoms with Crippen LogP contribution in [0.5, 0.6) is 11.5 Å². The van der Waals surface area contributed by atoms with Crippen molar-refractivity contribution in [3.05, 3.63) is 69.8 Å². The minimum Gasteiger partial charge on any atom is -0.454 e. The molecule has 0 saturated carbocycles. The number of ether oxygens (including phenoxy) is 2. The summed E-state index contributed by atoms with van der Waals surface area (Å²) in [5, 5.41) is 20.3. The maximum Gasteiger partial charge on any atom is 0.270 e. The number of hydrogen-bond acceptors (Lipinski definition) is 7. The van der Waals surface area contributed by atoms with Crippen molar-refractivity contribution in [2.75, 3.05) is 33.0 Å². The molecule has 1 fully saturated rings. The number of rotatable bonds is 5. The van der Waals surface area contributed by atoms with Gasteiger partial charge in [-0.05, 0) is 17.7 Å². The van der Waals surface area contributed by atoms with Crippen molar-refractivity contribution < 1.29 is 14.4 Å². The molecule has 29 heavy (non-hydrogen) atoms. The monoisotopic (exact) mass is 392 g/mol. The maximum atomic E-state index is 11.1. The van der Waals surface area contributed by atoms with E-state index in [-0.39, 0.29) is 12.5 Å². The molecular weight excluding hydrogens is 372 g/mol. The van der Waals surface area contributed by atoms with Gasteiger partial charge in [0.2, 0.25) is 6.79 Å². The summed E-state index contributed by atoms with van der Waals surface area (Å²) in [6, 6.07) is 14.5. The average molecular weight is 392 g/mol. The van der Waals surface area contributed by atoms with E-state index in [1.165, 1.54) is 18.2 Å². The van der Waals surface area contributed by atoms with Crippen LogP contribution < -0.4 is 9.47 Å². The van der Waals surface area contributed by atoms with E-state index in [4.69, 9.17) is 9.47 Å². The number of nitrogens with zero attached hydrogens (tertiary/aromatic N) is 4. The van der Waals surface area contributed by atoms with Crippen molar-refractivity contribution in [2.24, 2.45) is 0 Å². The number of piperazine rings is 1. The lowest BCUT2D eigenvalue weighted by Crippen LogP contribution is -2.44. The molecule has 0 N–H and O–H groups in total. The van der Waals surface area contributed by atoms with E-state index >= 15 is 0 Å². The van der Waals surface area contributed by atoms with Crippen molar-refractivity contribution in [3.63, 3.8) is 0 Å². The Bertz CT molecular complexity index is 990. The predicted molar refractivity (Wildman–Crippen MR) is 106 cm³/mol. The Morgan fingerprint density at radius 3 is 2.69 bits per heavy atom. The highest BCUT2D eigenvalue weighted by atomic mass is 16.7. The number of nitro benzene ring substituents is 1. The van der Waals surface area contributed by atoms with E-state index in [1.54, 1.807) is 12.1 Å². The van der Waals surface area contributed by atoms with Crippen LogP contribution in [0.1, 0.15) is 11.1 Å². The van der Waals surface area contributed by atoms with Gasteiger partial charge in [-0.1, -0.05) is 18.2 Å². The summed E-state index contributed by atoms with van der Waals surface area (Å²) in [6.45, 7) is 4.20. The highest BCUT2D eigenvalue weighted by molar-refractivity contribution is 5.68. The fourth-order valence-electron chi connectivity index (χ4n) is 3.64. The van der Waals surface area contributed by atoms with Crippen molar-refractivity contribution in [1.29, 1.82) is 5.26 Å². The second-order valence-corrected chi connectivity index (χ2v) is 6.92. The lowest BCUT2D eigenvalue weighted by atomic mass is 10.1. The molecule has 0 amide bonds. The molecule has 8 heteroatoms. The summed E-state index contributed by atoms with van der Waals surface area (Å²) >= 11 is 0. The summed E-state index contributed by atoms with van der Waals surface area (Å²) in [6.07, 6.45) is 1.46. The first kappa shape index (κ1) is 18.8. The third kappa shape index (κ3) is 4.15. The number of hydrogen-bond donors (Lipinski definition) is 0. The third-order valence-electron chi connectivity index (χ3n) is 5.11. The first-order valence-corrected chi connectivity index (χ1v) is 9.34. The molecule has 0 bridgehead atoms. The molecule has 0 spiro atoms. The third-order valence-corrected chi connectivity index (χ3v) is 5.11. The van der Waals surface area contributed by atoms with Crippen LogP contribution in [-0.2, 0) is 6.54 Å². The van der Waals surface area contributed by atoms with E-state index < -0.39 is 4.92 Å². The quantitative estimate of drug-likeness (QED) is 0.439. The Hall–Kier alpha value is -3.57. The van der Waals surface area contributed by atoms with Crippen LogP contribution in [0.2, 0.25) is 0 Å². The Labute approximate surface area is 168 Å². The van der Waals surface area contributed by atoms with E-state index in [2.05, 4.69) is 15.9 Å². The zero-order chi connectivity index (χ0) is 20.2. The number of nitriles is 1. The molecule has 1 saturated heterocycles. The van der Waals surface area contributed by atoms with Crippen molar-refractivity contribution in [2.45, 2.75) is 6.54 Å². The molecule has 2 heterocycles. The Morgan fingerprint density at radius 1 is 1.14 bits per heavy atom. The van der Waals surface area contributed by atoms with Gasteiger partial charge in [-0.2, -0.15) is 5.26 Å². The number of benzene rings is 2. The first-order valence-electron chi connectivity index (χ1n) is 9.34. The van der Waals surface area contributed by atoms with Crippen molar-refractivity contribution in [3.8, 4) is 17.6 Å². The highest BCUT2D eigenvalue weighted by Crippen LogP contribution is 2.33. The summed E-state index contributed by atoms with van der Waals surface area (Å²) in [5.74, 6) is 1.56. The molecule has 0 atom stereocenters. The fraction of sp³-hybridized carbons (Fsp3) is 0.286. The minimum atomic E-state index is -0.420. The topological polar surface area (TPSA) is 91.9 Å². The normalized spacial score (nSPS) is 16.5. The molecule has 0 unspecified atom stereocenters. The number of non-ortho nitro benzene ring substituents is 1. The second-order valence-electron chi connectivity index (χ2n) is 6.92. The predicted octanol–water partition coefficient (Wildman–Crippen LogP) is 3.01. The van der Waals surface area contributed by atoms with Crippen LogP contribution in [0.15, 0.2) is 48.5 Å². The Kier molecular flexibility index (Phi) is 5.31. The van der Waals surface area contributed by atoms with E-state index in [0.29, 0.717) is 5.56 Å². The molecule has 8 nitrogen and oxygen atoms in total. The molecule has 2 aromatic rings. The van der Waals surface area contributed by atoms with Gasteiger partial charge in [0.05, 0.1) is 16.7 Å². The van der Waals surface area contributed by atoms with Crippen LogP contribution >= 0.6 is 0 Å². The van der Waals surface area contributed by atoms with Gasteiger partial charge < -0.3 is 14.4 Å². The van der Waals surface area contributed by atoms with Gasteiger partial charge in [-0.3, -0.25) is 15.0 Å². The lowest BCUT2D eigenvalue weighted by molar-refractivity contribution is -0.384. The Balaban J connectivity index is 1.42. The van der Waals surface area contributed by atoms with Gasteiger partial charge in [0.25, 0.3) is 5.69 Å². The van der Waals surface area contributed by atoms with Crippen LogP contribution in [-0.4, -0.2) is 47.7 Å². The van der Waals surface area contributed by atoms with Crippen LogP contribution in [0.3, 0.4) is 0 Å². The van der Waals surface area contributed by atoms with Crippen molar-refractivity contribution in [1.82, 2.24) is 9.80 Å². The number of allylic oxidation sites excluding steroid dienone is 1. The van der Waals surface area contributed by atoms with Crippen LogP contribution in [0.4, 0.5) is 5.69 Å². The van der Waals surface area contributed by atoms with E-state index in [1.807, 2.05) is 18.2 Å². The molecule has 148 valence electrons. The average Bonchev–Trinajstić information content (AvgIpc) is 3.21. The largest absolute Gasteiger partial charge is 0.454 e.